The van der Waals surface area contributed by atoms with Crippen LogP contribution in [0.4, 0.5) is 18.9 Å². The molecule has 1 N–H and O–H groups in total. The summed E-state index contributed by atoms with van der Waals surface area (Å²) in [4.78, 5) is 37.8. The number of amides is 3. The molecule has 2 heterocycles. The molecule has 0 radical (unpaired) electrons. The van der Waals surface area contributed by atoms with E-state index in [0.29, 0.717) is 5.39 Å². The third-order valence-electron chi connectivity index (χ3n) is 4.68. The number of anilines is 1. The second kappa shape index (κ2) is 6.17. The van der Waals surface area contributed by atoms with Crippen molar-refractivity contribution < 1.29 is 40.2 Å². The molecular formula is C17H11F3N2O6S. The van der Waals surface area contributed by atoms with E-state index in [2.05, 4.69) is 9.50 Å². The Bertz CT molecular complexity index is 1190. The monoisotopic (exact) mass is 428 g/mol. The Hall–Kier alpha value is -3.15. The van der Waals surface area contributed by atoms with E-state index in [1.807, 2.05) is 0 Å². The maximum atomic E-state index is 13.1. The molecule has 12 heteroatoms. The summed E-state index contributed by atoms with van der Waals surface area (Å²) in [5.41, 5.74) is -5.86. The first kappa shape index (κ1) is 19.2. The number of halogens is 3. The van der Waals surface area contributed by atoms with Crippen molar-refractivity contribution in [1.29, 1.82) is 0 Å². The number of imide groups is 1. The summed E-state index contributed by atoms with van der Waals surface area (Å²) < 4.78 is 65.3. The third kappa shape index (κ3) is 2.90. The summed E-state index contributed by atoms with van der Waals surface area (Å²) in [6, 6.07) is 5.81. The van der Waals surface area contributed by atoms with Crippen LogP contribution in [0, 0.1) is 0 Å². The van der Waals surface area contributed by atoms with Gasteiger partial charge in [0.15, 0.2) is 5.75 Å². The molecule has 0 aromatic heterocycles. The van der Waals surface area contributed by atoms with Crippen LogP contribution in [0.25, 0.3) is 10.8 Å². The van der Waals surface area contributed by atoms with E-state index >= 15 is 0 Å². The molecule has 2 aromatic rings. The molecule has 1 saturated heterocycles. The van der Waals surface area contributed by atoms with Crippen molar-refractivity contribution in [2.75, 3.05) is 4.90 Å². The first-order valence-corrected chi connectivity index (χ1v) is 9.66. The minimum atomic E-state index is -6.01. The molecule has 1 atom stereocenters. The van der Waals surface area contributed by atoms with Gasteiger partial charge >= 0.3 is 15.6 Å². The summed E-state index contributed by atoms with van der Waals surface area (Å²) in [5, 5.41) is 2.72. The number of nitrogens with one attached hydrogen (secondary N) is 1. The molecule has 4 rings (SSSR count). The zero-order chi connectivity index (χ0) is 21.1. The highest BCUT2D eigenvalue weighted by molar-refractivity contribution is 7.88. The highest BCUT2D eigenvalue weighted by atomic mass is 32.2. The maximum absolute atomic E-state index is 13.1. The van der Waals surface area contributed by atoms with E-state index in [-0.39, 0.29) is 23.9 Å². The lowest BCUT2D eigenvalue weighted by Crippen LogP contribution is -2.53. The maximum Gasteiger partial charge on any atom is 0.534 e. The van der Waals surface area contributed by atoms with E-state index in [4.69, 9.17) is 0 Å². The van der Waals surface area contributed by atoms with Crippen LogP contribution in [0.2, 0.25) is 0 Å². The van der Waals surface area contributed by atoms with Crippen molar-refractivity contribution in [2.24, 2.45) is 0 Å². The summed E-state index contributed by atoms with van der Waals surface area (Å²) in [6.07, 6.45) is -0.0177. The average Bonchev–Trinajstić information content (AvgIpc) is 2.91. The van der Waals surface area contributed by atoms with Gasteiger partial charge in [-0.2, -0.15) is 21.6 Å². The molecular weight excluding hydrogens is 417 g/mol. The molecule has 0 saturated carbocycles. The van der Waals surface area contributed by atoms with Gasteiger partial charge in [0.25, 0.3) is 5.91 Å². The average molecular weight is 428 g/mol. The Kier molecular flexibility index (Phi) is 4.08. The smallest absolute Gasteiger partial charge is 0.375 e. The molecule has 152 valence electrons. The SMILES string of the molecule is O=C1CCC(N2C(=O)c3c(OS(=O)(=O)C(F)(F)F)ccc4cccc2c34)C(=O)N1. The van der Waals surface area contributed by atoms with Gasteiger partial charge in [-0.05, 0) is 23.9 Å². The fourth-order valence-corrected chi connectivity index (χ4v) is 3.93. The number of nitrogens with zero attached hydrogens (tertiary/aromatic N) is 1. The van der Waals surface area contributed by atoms with Crippen molar-refractivity contribution >= 4 is 44.3 Å². The lowest BCUT2D eigenvalue weighted by Gasteiger charge is -2.30. The van der Waals surface area contributed by atoms with Crippen LogP contribution in [0.5, 0.6) is 5.75 Å². The fourth-order valence-electron chi connectivity index (χ4n) is 3.46. The lowest BCUT2D eigenvalue weighted by atomic mass is 10.0. The molecule has 2 aromatic carbocycles. The highest BCUT2D eigenvalue weighted by Crippen LogP contribution is 2.44. The number of piperidine rings is 1. The summed E-state index contributed by atoms with van der Waals surface area (Å²) >= 11 is 0. The number of alkyl halides is 3. The van der Waals surface area contributed by atoms with E-state index < -0.39 is 50.7 Å². The van der Waals surface area contributed by atoms with Crippen LogP contribution in [0.15, 0.2) is 30.3 Å². The van der Waals surface area contributed by atoms with Crippen molar-refractivity contribution in [3.05, 3.63) is 35.9 Å². The molecule has 2 aliphatic rings. The molecule has 29 heavy (non-hydrogen) atoms. The Morgan fingerprint density at radius 1 is 1.10 bits per heavy atom. The molecule has 8 nitrogen and oxygen atoms in total. The van der Waals surface area contributed by atoms with Crippen LogP contribution >= 0.6 is 0 Å². The van der Waals surface area contributed by atoms with Gasteiger partial charge in [-0.15, -0.1) is 0 Å². The van der Waals surface area contributed by atoms with Gasteiger partial charge in [-0.1, -0.05) is 18.2 Å². The van der Waals surface area contributed by atoms with E-state index in [0.717, 1.165) is 11.0 Å². The fraction of sp³-hybridized carbons (Fsp3) is 0.235. The van der Waals surface area contributed by atoms with Gasteiger partial charge in [0.05, 0.1) is 11.3 Å². The van der Waals surface area contributed by atoms with Gasteiger partial charge in [-0.25, -0.2) is 0 Å². The highest BCUT2D eigenvalue weighted by Gasteiger charge is 2.50. The molecule has 0 aliphatic carbocycles. The largest absolute Gasteiger partial charge is 0.534 e. The first-order valence-electron chi connectivity index (χ1n) is 8.25. The number of carbonyl (C=O) groups is 3. The second-order valence-electron chi connectivity index (χ2n) is 6.44. The number of hydrogen-bond acceptors (Lipinski definition) is 6. The Morgan fingerprint density at radius 3 is 2.48 bits per heavy atom. The zero-order valence-electron chi connectivity index (χ0n) is 14.3. The number of carbonyl (C=O) groups excluding carboxylic acids is 3. The van der Waals surface area contributed by atoms with Crippen LogP contribution in [0.3, 0.4) is 0 Å². The quantitative estimate of drug-likeness (QED) is 0.454. The Morgan fingerprint density at radius 2 is 1.83 bits per heavy atom. The van der Waals surface area contributed by atoms with Crippen LogP contribution in [-0.4, -0.2) is 37.7 Å². The Balaban J connectivity index is 1.85. The zero-order valence-corrected chi connectivity index (χ0v) is 15.1. The minimum absolute atomic E-state index is 0.0117. The van der Waals surface area contributed by atoms with E-state index in [1.165, 1.54) is 12.1 Å². The first-order chi connectivity index (χ1) is 13.5. The third-order valence-corrected chi connectivity index (χ3v) is 5.65. The van der Waals surface area contributed by atoms with Gasteiger partial charge in [0.2, 0.25) is 11.8 Å². The van der Waals surface area contributed by atoms with Crippen LogP contribution in [-0.2, 0) is 19.7 Å². The van der Waals surface area contributed by atoms with E-state index in [1.54, 1.807) is 12.1 Å². The predicted octanol–water partition coefficient (Wildman–Crippen LogP) is 1.83. The lowest BCUT2D eigenvalue weighted by molar-refractivity contribution is -0.134. The number of hydrogen-bond donors (Lipinski definition) is 1. The van der Waals surface area contributed by atoms with Crippen molar-refractivity contribution in [3.63, 3.8) is 0 Å². The van der Waals surface area contributed by atoms with Gasteiger partial charge in [0.1, 0.15) is 6.04 Å². The normalized spacial score (nSPS) is 19.6. The van der Waals surface area contributed by atoms with Gasteiger partial charge < -0.3 is 4.18 Å². The molecule has 2 aliphatic heterocycles. The topological polar surface area (TPSA) is 110 Å². The standard InChI is InChI=1S/C17H11F3N2O6S/c18-17(19,20)29(26,27)28-11-6-4-8-2-1-3-9-13(8)14(11)16(25)22(9)10-5-7-12(23)21-15(10)24/h1-4,6,10H,5,7H2,(H,21,23,24). The molecule has 0 spiro atoms. The second-order valence-corrected chi connectivity index (χ2v) is 7.98. The van der Waals surface area contributed by atoms with Crippen LogP contribution in [0.1, 0.15) is 23.2 Å². The van der Waals surface area contributed by atoms with Gasteiger partial charge in [-0.3, -0.25) is 24.6 Å². The minimum Gasteiger partial charge on any atom is -0.375 e. The summed E-state index contributed by atoms with van der Waals surface area (Å²) in [7, 11) is -6.01. The molecule has 1 unspecified atom stereocenters. The predicted molar refractivity (Wildman–Crippen MR) is 92.5 cm³/mol. The number of rotatable bonds is 3. The van der Waals surface area contributed by atoms with Crippen LogP contribution < -0.4 is 14.4 Å². The molecule has 1 fully saturated rings. The van der Waals surface area contributed by atoms with Crippen molar-refractivity contribution in [2.45, 2.75) is 24.4 Å². The Labute approximate surface area is 161 Å². The number of benzene rings is 2. The summed E-state index contributed by atoms with van der Waals surface area (Å²) in [5.74, 6) is -2.92. The molecule has 3 amide bonds. The van der Waals surface area contributed by atoms with Crippen molar-refractivity contribution in [1.82, 2.24) is 5.32 Å². The molecule has 0 bridgehead atoms. The van der Waals surface area contributed by atoms with E-state index in [9.17, 15) is 36.0 Å². The summed E-state index contributed by atoms with van der Waals surface area (Å²) in [6.45, 7) is 0. The van der Waals surface area contributed by atoms with Crippen molar-refractivity contribution in [3.8, 4) is 5.75 Å². The van der Waals surface area contributed by atoms with Gasteiger partial charge in [0, 0.05) is 11.8 Å².